The molecule has 1 aromatic carbocycles. The van der Waals surface area contributed by atoms with E-state index in [9.17, 15) is 4.79 Å². The zero-order chi connectivity index (χ0) is 14.4. The lowest BCUT2D eigenvalue weighted by Crippen LogP contribution is -2.43. The van der Waals surface area contributed by atoms with Gasteiger partial charge in [0, 0.05) is 12.6 Å². The molecule has 1 rings (SSSR count). The summed E-state index contributed by atoms with van der Waals surface area (Å²) in [5.74, 6) is 0.814. The Morgan fingerprint density at radius 1 is 1.42 bits per heavy atom. The molecular weight excluding hydrogens is 308 g/mol. The van der Waals surface area contributed by atoms with Crippen LogP contribution in [0.25, 0.3) is 0 Å². The molecular formula is C14H21BrN2O2. The number of methoxy groups -OCH3 is 1. The Labute approximate surface area is 123 Å². The SMILES string of the molecule is CCNC(=O)C(C)NC(C)c1ccc(OC)c(Br)c1. The van der Waals surface area contributed by atoms with Crippen LogP contribution in [0.3, 0.4) is 0 Å². The number of hydrogen-bond donors (Lipinski definition) is 2. The number of halogens is 1. The van der Waals surface area contributed by atoms with Crippen molar-refractivity contribution in [1.29, 1.82) is 0 Å². The minimum Gasteiger partial charge on any atom is -0.496 e. The van der Waals surface area contributed by atoms with Crippen LogP contribution in [0.5, 0.6) is 5.75 Å². The Balaban J connectivity index is 2.70. The highest BCUT2D eigenvalue weighted by atomic mass is 79.9. The maximum atomic E-state index is 11.7. The topological polar surface area (TPSA) is 50.4 Å². The van der Waals surface area contributed by atoms with E-state index in [0.29, 0.717) is 6.54 Å². The third kappa shape index (κ3) is 4.51. The van der Waals surface area contributed by atoms with Gasteiger partial charge in [0.05, 0.1) is 17.6 Å². The van der Waals surface area contributed by atoms with Crippen molar-refractivity contribution in [2.45, 2.75) is 32.9 Å². The number of hydrogen-bond acceptors (Lipinski definition) is 3. The first-order valence-corrected chi connectivity index (χ1v) is 7.16. The van der Waals surface area contributed by atoms with Gasteiger partial charge in [0.15, 0.2) is 0 Å². The molecule has 106 valence electrons. The highest BCUT2D eigenvalue weighted by Gasteiger charge is 2.16. The van der Waals surface area contributed by atoms with Crippen LogP contribution in [0.2, 0.25) is 0 Å². The summed E-state index contributed by atoms with van der Waals surface area (Å²) in [6, 6.07) is 5.76. The summed E-state index contributed by atoms with van der Waals surface area (Å²) in [7, 11) is 1.64. The lowest BCUT2D eigenvalue weighted by Gasteiger charge is -2.20. The van der Waals surface area contributed by atoms with E-state index in [0.717, 1.165) is 15.8 Å². The molecule has 1 amide bonds. The Morgan fingerprint density at radius 2 is 2.11 bits per heavy atom. The van der Waals surface area contributed by atoms with Gasteiger partial charge in [0.1, 0.15) is 5.75 Å². The number of carbonyl (C=O) groups excluding carboxylic acids is 1. The molecule has 2 unspecified atom stereocenters. The van der Waals surface area contributed by atoms with Gasteiger partial charge >= 0.3 is 0 Å². The minimum absolute atomic E-state index is 0.0157. The predicted molar refractivity (Wildman–Crippen MR) is 80.4 cm³/mol. The van der Waals surface area contributed by atoms with E-state index < -0.39 is 0 Å². The summed E-state index contributed by atoms with van der Waals surface area (Å²) in [5, 5.41) is 6.07. The first kappa shape index (κ1) is 16.0. The molecule has 2 N–H and O–H groups in total. The van der Waals surface area contributed by atoms with Crippen LogP contribution in [0.1, 0.15) is 32.4 Å². The molecule has 0 aromatic heterocycles. The van der Waals surface area contributed by atoms with E-state index in [-0.39, 0.29) is 18.0 Å². The van der Waals surface area contributed by atoms with Crippen molar-refractivity contribution in [3.8, 4) is 5.75 Å². The van der Waals surface area contributed by atoms with E-state index in [2.05, 4.69) is 26.6 Å². The number of rotatable bonds is 6. The fraction of sp³-hybridized carbons (Fsp3) is 0.500. The third-order valence-corrected chi connectivity index (χ3v) is 3.54. The number of amides is 1. The van der Waals surface area contributed by atoms with Crippen LogP contribution in [0.15, 0.2) is 22.7 Å². The van der Waals surface area contributed by atoms with Crippen LogP contribution in [0, 0.1) is 0 Å². The smallest absolute Gasteiger partial charge is 0.236 e. The van der Waals surface area contributed by atoms with Crippen LogP contribution >= 0.6 is 15.9 Å². The van der Waals surface area contributed by atoms with Crippen molar-refractivity contribution in [3.63, 3.8) is 0 Å². The maximum Gasteiger partial charge on any atom is 0.236 e. The fourth-order valence-corrected chi connectivity index (χ4v) is 2.38. The second kappa shape index (κ2) is 7.50. The highest BCUT2D eigenvalue weighted by molar-refractivity contribution is 9.10. The van der Waals surface area contributed by atoms with Crippen molar-refractivity contribution in [1.82, 2.24) is 10.6 Å². The molecule has 0 fully saturated rings. The first-order valence-electron chi connectivity index (χ1n) is 6.36. The van der Waals surface area contributed by atoms with Crippen molar-refractivity contribution in [2.75, 3.05) is 13.7 Å². The van der Waals surface area contributed by atoms with Gasteiger partial charge in [-0.1, -0.05) is 6.07 Å². The maximum absolute atomic E-state index is 11.7. The Kier molecular flexibility index (Phi) is 6.31. The summed E-state index contributed by atoms with van der Waals surface area (Å²) >= 11 is 3.46. The zero-order valence-corrected chi connectivity index (χ0v) is 13.4. The summed E-state index contributed by atoms with van der Waals surface area (Å²) in [6.07, 6.45) is 0. The molecule has 0 saturated carbocycles. The second-order valence-electron chi connectivity index (χ2n) is 4.40. The molecule has 0 heterocycles. The van der Waals surface area contributed by atoms with E-state index in [1.807, 2.05) is 39.0 Å². The van der Waals surface area contributed by atoms with Gasteiger partial charge < -0.3 is 10.1 Å². The molecule has 5 heteroatoms. The molecule has 2 atom stereocenters. The van der Waals surface area contributed by atoms with Crippen molar-refractivity contribution < 1.29 is 9.53 Å². The van der Waals surface area contributed by atoms with Gasteiger partial charge in [0.2, 0.25) is 5.91 Å². The summed E-state index contributed by atoms with van der Waals surface area (Å²) in [6.45, 7) is 6.45. The number of benzene rings is 1. The quantitative estimate of drug-likeness (QED) is 0.844. The van der Waals surface area contributed by atoms with Gasteiger partial charge in [-0.3, -0.25) is 10.1 Å². The molecule has 4 nitrogen and oxygen atoms in total. The van der Waals surface area contributed by atoms with Gasteiger partial charge in [-0.25, -0.2) is 0 Å². The Hall–Kier alpha value is -1.07. The largest absolute Gasteiger partial charge is 0.496 e. The molecule has 0 aliphatic heterocycles. The molecule has 1 aromatic rings. The summed E-state index contributed by atoms with van der Waals surface area (Å²) in [5.41, 5.74) is 1.10. The van der Waals surface area contributed by atoms with Crippen LogP contribution in [-0.2, 0) is 4.79 Å². The minimum atomic E-state index is -0.226. The molecule has 19 heavy (non-hydrogen) atoms. The average molecular weight is 329 g/mol. The highest BCUT2D eigenvalue weighted by Crippen LogP contribution is 2.28. The lowest BCUT2D eigenvalue weighted by molar-refractivity contribution is -0.122. The monoisotopic (exact) mass is 328 g/mol. The van der Waals surface area contributed by atoms with E-state index in [1.54, 1.807) is 7.11 Å². The Morgan fingerprint density at radius 3 is 2.63 bits per heavy atom. The van der Waals surface area contributed by atoms with Crippen molar-refractivity contribution in [2.24, 2.45) is 0 Å². The van der Waals surface area contributed by atoms with E-state index in [1.165, 1.54) is 0 Å². The molecule has 0 bridgehead atoms. The van der Waals surface area contributed by atoms with E-state index >= 15 is 0 Å². The molecule has 0 saturated heterocycles. The molecule has 0 spiro atoms. The number of ether oxygens (including phenoxy) is 1. The van der Waals surface area contributed by atoms with Crippen LogP contribution in [-0.4, -0.2) is 25.6 Å². The standard InChI is InChI=1S/C14H21BrN2O2/c1-5-16-14(18)10(3)17-9(2)11-6-7-13(19-4)12(15)8-11/h6-10,17H,5H2,1-4H3,(H,16,18). The van der Waals surface area contributed by atoms with Crippen molar-refractivity contribution >= 4 is 21.8 Å². The van der Waals surface area contributed by atoms with Crippen LogP contribution < -0.4 is 15.4 Å². The molecule has 0 aliphatic rings. The number of carbonyl (C=O) groups is 1. The van der Waals surface area contributed by atoms with Gasteiger partial charge in [0.25, 0.3) is 0 Å². The van der Waals surface area contributed by atoms with Gasteiger partial charge in [-0.2, -0.15) is 0 Å². The van der Waals surface area contributed by atoms with Gasteiger partial charge in [-0.05, 0) is 54.4 Å². The number of likely N-dealkylation sites (N-methyl/N-ethyl adjacent to an activating group) is 1. The van der Waals surface area contributed by atoms with Crippen LogP contribution in [0.4, 0.5) is 0 Å². The lowest BCUT2D eigenvalue weighted by atomic mass is 10.1. The fourth-order valence-electron chi connectivity index (χ4n) is 1.83. The molecule has 0 radical (unpaired) electrons. The van der Waals surface area contributed by atoms with Crippen molar-refractivity contribution in [3.05, 3.63) is 28.2 Å². The predicted octanol–water partition coefficient (Wildman–Crippen LogP) is 2.63. The van der Waals surface area contributed by atoms with Gasteiger partial charge in [-0.15, -0.1) is 0 Å². The zero-order valence-electron chi connectivity index (χ0n) is 11.8. The average Bonchev–Trinajstić information content (AvgIpc) is 2.38. The number of nitrogens with one attached hydrogen (secondary N) is 2. The molecule has 0 aliphatic carbocycles. The first-order chi connectivity index (χ1) is 8.99. The second-order valence-corrected chi connectivity index (χ2v) is 5.25. The normalized spacial score (nSPS) is 13.7. The summed E-state index contributed by atoms with van der Waals surface area (Å²) < 4.78 is 6.11. The van der Waals surface area contributed by atoms with E-state index in [4.69, 9.17) is 4.74 Å². The summed E-state index contributed by atoms with van der Waals surface area (Å²) in [4.78, 5) is 11.7. The Bertz CT molecular complexity index is 437. The third-order valence-electron chi connectivity index (χ3n) is 2.92.